The predicted octanol–water partition coefficient (Wildman–Crippen LogP) is -3.38. The molecule has 0 aromatic rings. The van der Waals surface area contributed by atoms with Crippen molar-refractivity contribution in [1.82, 2.24) is 10.2 Å². The highest BCUT2D eigenvalue weighted by atomic mass is 16.6. The second-order valence-electron chi connectivity index (χ2n) is 4.59. The summed E-state index contributed by atoms with van der Waals surface area (Å²) in [5, 5.41) is 31.1. The number of carbonyl (C=O) groups is 1. The van der Waals surface area contributed by atoms with Crippen molar-refractivity contribution >= 4 is 18.6 Å². The number of rotatable bonds is 2. The second kappa shape index (κ2) is 4.53. The van der Waals surface area contributed by atoms with Crippen LogP contribution >= 0.6 is 0 Å². The Labute approximate surface area is 108 Å². The molecule has 0 aromatic heterocycles. The number of aliphatic hydroxyl groups is 3. The number of ether oxygens (including phenoxy) is 1. The minimum atomic E-state index is -1.21. The number of nitrogens with one attached hydrogen (secondary N) is 1. The minimum absolute atomic E-state index is 0.287. The summed E-state index contributed by atoms with van der Waals surface area (Å²) in [6, 6.07) is -0.689. The highest BCUT2D eigenvalue weighted by Crippen LogP contribution is 2.29. The summed E-state index contributed by atoms with van der Waals surface area (Å²) in [6.07, 6.45) is -2.11. The van der Waals surface area contributed by atoms with Crippen molar-refractivity contribution in [3.8, 4) is 0 Å². The third-order valence-corrected chi connectivity index (χ3v) is 3.46. The van der Waals surface area contributed by atoms with Gasteiger partial charge in [-0.15, -0.1) is 0 Å². The van der Waals surface area contributed by atoms with Crippen molar-refractivity contribution in [3.05, 3.63) is 0 Å². The Kier molecular flexibility index (Phi) is 2.97. The standard InChI is InChI=1S/C10H14N4O5/c15-1-4-6(16)7(17)10(19-4)14-3-13-5-8(14)11-2-12-9(5)18/h2-8,10,15-17H,1H2,(H,11,12,18)/t4-,5+,6-,7-,8+,10-/m1/s1. The zero-order valence-electron chi connectivity index (χ0n) is 9.83. The van der Waals surface area contributed by atoms with Crippen molar-refractivity contribution in [3.63, 3.8) is 0 Å². The summed E-state index contributed by atoms with van der Waals surface area (Å²) in [5.74, 6) is -0.287. The molecule has 0 saturated carbocycles. The average Bonchev–Trinajstić information content (AvgIpc) is 2.94. The first-order valence-corrected chi connectivity index (χ1v) is 5.88. The number of fused-ring (bicyclic) bond motifs is 1. The van der Waals surface area contributed by atoms with Gasteiger partial charge in [0, 0.05) is 0 Å². The first-order valence-electron chi connectivity index (χ1n) is 5.88. The predicted molar refractivity (Wildman–Crippen MR) is 62.3 cm³/mol. The number of nitrogens with zero attached hydrogens (tertiary/aromatic N) is 3. The minimum Gasteiger partial charge on any atom is -0.394 e. The Bertz CT molecular complexity index is 442. The third-order valence-electron chi connectivity index (χ3n) is 3.46. The van der Waals surface area contributed by atoms with Crippen LogP contribution in [0.15, 0.2) is 9.98 Å². The summed E-state index contributed by atoms with van der Waals surface area (Å²) >= 11 is 0. The summed E-state index contributed by atoms with van der Waals surface area (Å²) in [4.78, 5) is 21.1. The van der Waals surface area contributed by atoms with Crippen LogP contribution in [0.2, 0.25) is 0 Å². The zero-order chi connectivity index (χ0) is 13.6. The van der Waals surface area contributed by atoms with E-state index < -0.39 is 43.4 Å². The fraction of sp³-hybridized carbons (Fsp3) is 0.700. The molecule has 19 heavy (non-hydrogen) atoms. The molecule has 0 aromatic carbocycles. The zero-order valence-corrected chi connectivity index (χ0v) is 9.83. The largest absolute Gasteiger partial charge is 0.394 e. The number of hydrogen-bond acceptors (Lipinski definition) is 8. The molecule has 3 rings (SSSR count). The molecule has 4 N–H and O–H groups in total. The van der Waals surface area contributed by atoms with Crippen LogP contribution in [0, 0.1) is 0 Å². The Morgan fingerprint density at radius 1 is 1.37 bits per heavy atom. The third kappa shape index (κ3) is 1.82. The lowest BCUT2D eigenvalue weighted by atomic mass is 10.1. The molecule has 9 heteroatoms. The maximum Gasteiger partial charge on any atom is 0.254 e. The summed E-state index contributed by atoms with van der Waals surface area (Å²) in [5.41, 5.74) is 0. The van der Waals surface area contributed by atoms with Crippen molar-refractivity contribution in [2.24, 2.45) is 9.98 Å². The lowest BCUT2D eigenvalue weighted by Crippen LogP contribution is -2.53. The van der Waals surface area contributed by atoms with Crippen molar-refractivity contribution in [1.29, 1.82) is 0 Å². The van der Waals surface area contributed by atoms with Gasteiger partial charge in [-0.3, -0.25) is 9.79 Å². The van der Waals surface area contributed by atoms with Crippen LogP contribution in [-0.2, 0) is 9.53 Å². The molecule has 0 unspecified atom stereocenters. The van der Waals surface area contributed by atoms with Gasteiger partial charge in [0.1, 0.15) is 18.3 Å². The quantitative estimate of drug-likeness (QED) is 0.414. The van der Waals surface area contributed by atoms with Crippen molar-refractivity contribution < 1.29 is 24.9 Å². The van der Waals surface area contributed by atoms with Gasteiger partial charge in [-0.25, -0.2) is 4.99 Å². The van der Waals surface area contributed by atoms with Crippen LogP contribution < -0.4 is 5.32 Å². The molecule has 3 aliphatic heterocycles. The van der Waals surface area contributed by atoms with E-state index in [-0.39, 0.29) is 5.91 Å². The second-order valence-corrected chi connectivity index (χ2v) is 4.59. The van der Waals surface area contributed by atoms with E-state index in [0.717, 1.165) is 0 Å². The first-order chi connectivity index (χ1) is 9.13. The van der Waals surface area contributed by atoms with E-state index in [9.17, 15) is 15.0 Å². The van der Waals surface area contributed by atoms with E-state index in [1.165, 1.54) is 17.6 Å². The Morgan fingerprint density at radius 3 is 2.84 bits per heavy atom. The van der Waals surface area contributed by atoms with Crippen LogP contribution in [0.1, 0.15) is 0 Å². The monoisotopic (exact) mass is 270 g/mol. The summed E-state index contributed by atoms with van der Waals surface area (Å²) < 4.78 is 5.38. The smallest absolute Gasteiger partial charge is 0.254 e. The molecule has 104 valence electrons. The summed E-state index contributed by atoms with van der Waals surface area (Å²) in [7, 11) is 0. The van der Waals surface area contributed by atoms with Gasteiger partial charge in [-0.05, 0) is 0 Å². The molecule has 3 aliphatic rings. The Balaban J connectivity index is 1.81. The van der Waals surface area contributed by atoms with E-state index in [0.29, 0.717) is 0 Å². The van der Waals surface area contributed by atoms with Crippen LogP contribution in [0.3, 0.4) is 0 Å². The highest BCUT2D eigenvalue weighted by molar-refractivity contribution is 5.96. The molecule has 6 atom stereocenters. The van der Waals surface area contributed by atoms with E-state index >= 15 is 0 Å². The Hall–Kier alpha value is -1.55. The average molecular weight is 270 g/mol. The lowest BCUT2D eigenvalue weighted by Gasteiger charge is -2.31. The molecule has 0 aliphatic carbocycles. The molecule has 3 heterocycles. The maximum atomic E-state index is 11.6. The topological polar surface area (TPSA) is 127 Å². The number of amides is 1. The lowest BCUT2D eigenvalue weighted by molar-refractivity contribution is -0.124. The normalized spacial score (nSPS) is 44.6. The van der Waals surface area contributed by atoms with E-state index in [1.807, 2.05) is 0 Å². The van der Waals surface area contributed by atoms with Gasteiger partial charge < -0.3 is 30.3 Å². The van der Waals surface area contributed by atoms with Gasteiger partial charge in [-0.2, -0.15) is 0 Å². The maximum absolute atomic E-state index is 11.6. The number of aliphatic imine (C=N–C) groups is 2. The van der Waals surface area contributed by atoms with E-state index in [1.54, 1.807) is 0 Å². The van der Waals surface area contributed by atoms with Crippen LogP contribution in [0.25, 0.3) is 0 Å². The Morgan fingerprint density at radius 2 is 2.16 bits per heavy atom. The van der Waals surface area contributed by atoms with Gasteiger partial charge in [-0.1, -0.05) is 0 Å². The molecular formula is C10H14N4O5. The van der Waals surface area contributed by atoms with Gasteiger partial charge in [0.2, 0.25) is 0 Å². The molecule has 0 bridgehead atoms. The highest BCUT2D eigenvalue weighted by Gasteiger charge is 2.50. The van der Waals surface area contributed by atoms with Crippen molar-refractivity contribution in [2.75, 3.05) is 6.61 Å². The first kappa shape index (κ1) is 12.5. The number of carbonyl (C=O) groups excluding carboxylic acids is 1. The molecule has 0 spiro atoms. The molecule has 1 fully saturated rings. The van der Waals surface area contributed by atoms with Gasteiger partial charge >= 0.3 is 0 Å². The van der Waals surface area contributed by atoms with Crippen LogP contribution in [0.4, 0.5) is 0 Å². The molecule has 1 saturated heterocycles. The van der Waals surface area contributed by atoms with Gasteiger partial charge in [0.15, 0.2) is 18.4 Å². The molecule has 0 radical (unpaired) electrons. The summed E-state index contributed by atoms with van der Waals surface area (Å²) in [6.45, 7) is -0.405. The van der Waals surface area contributed by atoms with E-state index in [4.69, 9.17) is 9.84 Å². The van der Waals surface area contributed by atoms with E-state index in [2.05, 4.69) is 15.3 Å². The fourth-order valence-corrected chi connectivity index (χ4v) is 2.42. The molecule has 9 nitrogen and oxygen atoms in total. The number of hydrogen-bond donors (Lipinski definition) is 4. The fourth-order valence-electron chi connectivity index (χ4n) is 2.42. The van der Waals surface area contributed by atoms with Crippen molar-refractivity contribution in [2.45, 2.75) is 36.7 Å². The van der Waals surface area contributed by atoms with Crippen LogP contribution in [-0.4, -0.2) is 82.2 Å². The van der Waals surface area contributed by atoms with Gasteiger partial charge in [0.05, 0.1) is 19.3 Å². The van der Waals surface area contributed by atoms with Gasteiger partial charge in [0.25, 0.3) is 5.91 Å². The SMILES string of the molecule is O=C1NC=N[C@@H]2[C@@H]1N=CN2[C@@H]1O[C@H](CO)[C@@H](O)[C@H]1O. The molecular weight excluding hydrogens is 256 g/mol. The molecule has 1 amide bonds. The number of aliphatic hydroxyl groups excluding tert-OH is 3. The van der Waals surface area contributed by atoms with Crippen LogP contribution in [0.5, 0.6) is 0 Å².